The molecule has 0 spiro atoms. The van der Waals surface area contributed by atoms with Crippen LogP contribution in [0.4, 0.5) is 4.39 Å². The van der Waals surface area contributed by atoms with Gasteiger partial charge >= 0.3 is 0 Å². The van der Waals surface area contributed by atoms with Crippen LogP contribution in [0, 0.1) is 9.39 Å². The number of thiol groups is 1. The molecular weight excluding hydrogens is 330 g/mol. The minimum Gasteiger partial charge on any atom is -0.205 e. The highest BCUT2D eigenvalue weighted by Gasteiger charge is 2.03. The minimum absolute atomic E-state index is 0.224. The summed E-state index contributed by atoms with van der Waals surface area (Å²) in [6.07, 6.45) is 0. The van der Waals surface area contributed by atoms with Crippen molar-refractivity contribution in [3.63, 3.8) is 0 Å². The molecule has 0 aromatic heterocycles. The summed E-state index contributed by atoms with van der Waals surface area (Å²) >= 11 is 9.06. The van der Waals surface area contributed by atoms with Gasteiger partial charge in [-0.05, 0) is 50.7 Å². The molecule has 0 unspecified atom stereocenters. The van der Waals surface area contributed by atoms with Gasteiger partial charge in [0.15, 0.2) is 5.82 Å². The highest BCUT2D eigenvalue weighted by Crippen LogP contribution is 2.24. The number of hydrogen-bond donors (Lipinski definition) is 1. The third-order valence-corrected chi connectivity index (χ3v) is 2.59. The van der Waals surface area contributed by atoms with E-state index in [4.69, 9.17) is 0 Å². The van der Waals surface area contributed by atoms with Crippen LogP contribution in [0.5, 0.6) is 0 Å². The lowest BCUT2D eigenvalue weighted by Gasteiger charge is -1.97. The van der Waals surface area contributed by atoms with Gasteiger partial charge in [0.1, 0.15) is 0 Å². The molecular formula is C6H3BrFIS. The summed E-state index contributed by atoms with van der Waals surface area (Å²) in [6.45, 7) is 0. The molecule has 0 saturated heterocycles. The predicted octanol–water partition coefficient (Wildman–Crippen LogP) is 3.48. The lowest BCUT2D eigenvalue weighted by Crippen LogP contribution is -1.82. The molecule has 0 nitrogen and oxygen atoms in total. The monoisotopic (exact) mass is 332 g/mol. The van der Waals surface area contributed by atoms with Crippen LogP contribution in [0.25, 0.3) is 0 Å². The van der Waals surface area contributed by atoms with Crippen molar-refractivity contribution in [2.75, 3.05) is 0 Å². The van der Waals surface area contributed by atoms with Gasteiger partial charge in [-0.15, -0.1) is 12.6 Å². The summed E-state index contributed by atoms with van der Waals surface area (Å²) in [7, 11) is 0. The van der Waals surface area contributed by atoms with Crippen molar-refractivity contribution < 1.29 is 4.39 Å². The summed E-state index contributed by atoms with van der Waals surface area (Å²) < 4.78 is 13.9. The third kappa shape index (κ3) is 1.85. The maximum absolute atomic E-state index is 12.8. The summed E-state index contributed by atoms with van der Waals surface area (Å²) in [6, 6.07) is 3.30. The van der Waals surface area contributed by atoms with Crippen LogP contribution in [0.15, 0.2) is 21.5 Å². The molecule has 0 fully saturated rings. The second-order valence-electron chi connectivity index (χ2n) is 1.72. The van der Waals surface area contributed by atoms with E-state index in [0.717, 1.165) is 4.90 Å². The molecule has 0 bridgehead atoms. The van der Waals surface area contributed by atoms with Crippen LogP contribution in [0.2, 0.25) is 0 Å². The lowest BCUT2D eigenvalue weighted by atomic mass is 10.3. The maximum Gasteiger partial charge on any atom is 0.150 e. The largest absolute Gasteiger partial charge is 0.205 e. The van der Waals surface area contributed by atoms with E-state index in [2.05, 4.69) is 28.6 Å². The zero-order chi connectivity index (χ0) is 7.72. The van der Waals surface area contributed by atoms with Crippen LogP contribution >= 0.6 is 51.1 Å². The first kappa shape index (κ1) is 8.80. The third-order valence-electron chi connectivity index (χ3n) is 0.969. The highest BCUT2D eigenvalue weighted by molar-refractivity contribution is 14.1. The molecule has 0 aliphatic rings. The van der Waals surface area contributed by atoms with Crippen molar-refractivity contribution in [3.05, 3.63) is 26.0 Å². The van der Waals surface area contributed by atoms with E-state index < -0.39 is 0 Å². The molecule has 10 heavy (non-hydrogen) atoms. The number of halogens is 3. The minimum atomic E-state index is -0.224. The maximum atomic E-state index is 12.8. The Morgan fingerprint density at radius 3 is 2.60 bits per heavy atom. The molecule has 0 amide bonds. The first-order chi connectivity index (χ1) is 4.61. The lowest BCUT2D eigenvalue weighted by molar-refractivity contribution is 0.612. The van der Waals surface area contributed by atoms with Crippen molar-refractivity contribution in [2.24, 2.45) is 0 Å². The van der Waals surface area contributed by atoms with Crippen molar-refractivity contribution >= 4 is 51.1 Å². The normalized spacial score (nSPS) is 10.0. The van der Waals surface area contributed by atoms with Crippen molar-refractivity contribution in [1.29, 1.82) is 0 Å². The van der Waals surface area contributed by atoms with Gasteiger partial charge < -0.3 is 0 Å². The zero-order valence-corrected chi connectivity index (χ0v) is 9.37. The second-order valence-corrected chi connectivity index (χ2v) is 4.26. The fourth-order valence-electron chi connectivity index (χ4n) is 0.542. The van der Waals surface area contributed by atoms with E-state index in [1.165, 1.54) is 0 Å². The van der Waals surface area contributed by atoms with Gasteiger partial charge in [-0.3, -0.25) is 0 Å². The second kappa shape index (κ2) is 3.40. The SMILES string of the molecule is Fc1c(Br)cc(S)cc1I. The topological polar surface area (TPSA) is 0 Å². The Morgan fingerprint density at radius 2 is 2.10 bits per heavy atom. The van der Waals surface area contributed by atoms with Crippen molar-refractivity contribution in [1.82, 2.24) is 0 Å². The fourth-order valence-corrected chi connectivity index (χ4v) is 2.68. The summed E-state index contributed by atoms with van der Waals surface area (Å²) in [5, 5.41) is 0. The Morgan fingerprint density at radius 1 is 1.50 bits per heavy atom. The molecule has 54 valence electrons. The number of rotatable bonds is 0. The molecule has 1 aromatic rings. The van der Waals surface area contributed by atoms with Crippen LogP contribution in [0.3, 0.4) is 0 Å². The summed E-state index contributed by atoms with van der Waals surface area (Å²) in [4.78, 5) is 0.762. The van der Waals surface area contributed by atoms with Crippen LogP contribution in [-0.4, -0.2) is 0 Å². The van der Waals surface area contributed by atoms with Gasteiger partial charge in [-0.1, -0.05) is 0 Å². The standard InChI is InChI=1S/C6H3BrFIS/c7-4-1-3(10)2-5(9)6(4)8/h1-2,10H. The van der Waals surface area contributed by atoms with E-state index in [0.29, 0.717) is 8.04 Å². The first-order valence-corrected chi connectivity index (χ1v) is 4.76. The van der Waals surface area contributed by atoms with Gasteiger partial charge in [0, 0.05) is 4.90 Å². The van der Waals surface area contributed by atoms with Gasteiger partial charge in [0.05, 0.1) is 8.04 Å². The smallest absolute Gasteiger partial charge is 0.150 e. The number of benzene rings is 1. The Kier molecular flexibility index (Phi) is 3.00. The molecule has 0 aliphatic carbocycles. The van der Waals surface area contributed by atoms with Crippen LogP contribution in [-0.2, 0) is 0 Å². The van der Waals surface area contributed by atoms with Gasteiger partial charge in [-0.25, -0.2) is 4.39 Å². The van der Waals surface area contributed by atoms with Gasteiger partial charge in [0.2, 0.25) is 0 Å². The molecule has 0 radical (unpaired) electrons. The number of hydrogen-bond acceptors (Lipinski definition) is 1. The molecule has 1 aromatic carbocycles. The molecule has 0 aliphatic heterocycles. The molecule has 0 heterocycles. The summed E-state index contributed by atoms with van der Waals surface area (Å²) in [5.74, 6) is -0.224. The van der Waals surface area contributed by atoms with E-state index in [-0.39, 0.29) is 5.82 Å². The van der Waals surface area contributed by atoms with Crippen LogP contribution in [0.1, 0.15) is 0 Å². The quantitative estimate of drug-likeness (QED) is 0.420. The van der Waals surface area contributed by atoms with Crippen LogP contribution < -0.4 is 0 Å². The predicted molar refractivity (Wildman–Crippen MR) is 54.1 cm³/mol. The Bertz CT molecular complexity index is 241. The van der Waals surface area contributed by atoms with Crippen molar-refractivity contribution in [2.45, 2.75) is 4.90 Å². The van der Waals surface area contributed by atoms with Gasteiger partial charge in [-0.2, -0.15) is 0 Å². The molecule has 1 rings (SSSR count). The van der Waals surface area contributed by atoms with Gasteiger partial charge in [0.25, 0.3) is 0 Å². The van der Waals surface area contributed by atoms with E-state index in [1.807, 2.05) is 22.6 Å². The average Bonchev–Trinajstić information content (AvgIpc) is 1.82. The molecule has 4 heteroatoms. The molecule has 0 atom stereocenters. The Balaban J connectivity index is 3.31. The Labute approximate surface area is 85.9 Å². The molecule has 0 N–H and O–H groups in total. The average molecular weight is 333 g/mol. The van der Waals surface area contributed by atoms with E-state index >= 15 is 0 Å². The highest BCUT2D eigenvalue weighted by atomic mass is 127. The Hall–Kier alpha value is 0.710. The van der Waals surface area contributed by atoms with E-state index in [1.54, 1.807) is 12.1 Å². The summed E-state index contributed by atoms with van der Waals surface area (Å²) in [5.41, 5.74) is 0. The first-order valence-electron chi connectivity index (χ1n) is 2.45. The molecule has 0 saturated carbocycles. The van der Waals surface area contributed by atoms with Crippen molar-refractivity contribution in [3.8, 4) is 0 Å². The fraction of sp³-hybridized carbons (Fsp3) is 0. The zero-order valence-electron chi connectivity index (χ0n) is 4.74. The van der Waals surface area contributed by atoms with E-state index in [9.17, 15) is 4.39 Å².